The van der Waals surface area contributed by atoms with Crippen LogP contribution >= 0.6 is 11.6 Å². The molecule has 0 spiro atoms. The first-order chi connectivity index (χ1) is 14.4. The van der Waals surface area contributed by atoms with E-state index in [0.717, 1.165) is 30.5 Å². The zero-order chi connectivity index (χ0) is 21.7. The highest BCUT2D eigenvalue weighted by Gasteiger charge is 2.14. The van der Waals surface area contributed by atoms with Gasteiger partial charge in [-0.3, -0.25) is 0 Å². The first-order valence-corrected chi connectivity index (χ1v) is 10.4. The van der Waals surface area contributed by atoms with Crippen molar-refractivity contribution in [3.05, 3.63) is 105 Å². The van der Waals surface area contributed by atoms with Gasteiger partial charge >= 0.3 is 0 Å². The Morgan fingerprint density at radius 2 is 0.967 bits per heavy atom. The van der Waals surface area contributed by atoms with Crippen LogP contribution in [0.2, 0.25) is 5.02 Å². The third kappa shape index (κ3) is 5.63. The van der Waals surface area contributed by atoms with Gasteiger partial charge in [0.1, 0.15) is 28.3 Å². The third-order valence-electron chi connectivity index (χ3n) is 5.17. The highest BCUT2D eigenvalue weighted by molar-refractivity contribution is 6.30. The molecular weight excluding hydrogens is 412 g/mol. The molecule has 0 nitrogen and oxygen atoms in total. The van der Waals surface area contributed by atoms with Crippen LogP contribution in [0.4, 0.5) is 17.6 Å². The van der Waals surface area contributed by atoms with Crippen LogP contribution in [-0.2, 0) is 32.1 Å². The normalized spacial score (nSPS) is 11.1. The lowest BCUT2D eigenvalue weighted by Crippen LogP contribution is -2.03. The van der Waals surface area contributed by atoms with Crippen molar-refractivity contribution in [2.75, 3.05) is 0 Å². The predicted octanol–water partition coefficient (Wildman–Crippen LogP) is 7.42. The molecule has 0 heterocycles. The Morgan fingerprint density at radius 1 is 0.567 bits per heavy atom. The summed E-state index contributed by atoms with van der Waals surface area (Å²) in [5.41, 5.74) is 3.19. The van der Waals surface area contributed by atoms with Crippen LogP contribution in [0.3, 0.4) is 0 Å². The summed E-state index contributed by atoms with van der Waals surface area (Å²) in [6.07, 6.45) is 3.43. The minimum Gasteiger partial charge on any atom is -0.207 e. The second-order valence-electron chi connectivity index (χ2n) is 7.48. The molecule has 0 amide bonds. The van der Waals surface area contributed by atoms with Gasteiger partial charge in [-0.05, 0) is 78.6 Å². The number of aryl methyl sites for hydroxylation is 4. The molecule has 0 radical (unpaired) electrons. The van der Waals surface area contributed by atoms with Crippen molar-refractivity contribution in [2.45, 2.75) is 45.4 Å². The van der Waals surface area contributed by atoms with Crippen LogP contribution in [0, 0.1) is 23.3 Å². The molecule has 5 heteroatoms. The zero-order valence-electron chi connectivity index (χ0n) is 16.8. The predicted molar refractivity (Wildman–Crippen MR) is 113 cm³/mol. The average Bonchev–Trinajstić information content (AvgIpc) is 2.71. The molecule has 0 saturated carbocycles. The Hall–Kier alpha value is -2.33. The Balaban J connectivity index is 1.64. The van der Waals surface area contributed by atoms with Crippen molar-refractivity contribution in [1.82, 2.24) is 0 Å². The molecule has 3 aromatic carbocycles. The van der Waals surface area contributed by atoms with E-state index < -0.39 is 28.3 Å². The quantitative estimate of drug-likeness (QED) is 0.255. The molecule has 0 aliphatic heterocycles. The van der Waals surface area contributed by atoms with Gasteiger partial charge in [-0.1, -0.05) is 49.2 Å². The first kappa shape index (κ1) is 22.4. The maximum absolute atomic E-state index is 14.5. The summed E-state index contributed by atoms with van der Waals surface area (Å²) in [6, 6.07) is 13.1. The highest BCUT2D eigenvalue weighted by Crippen LogP contribution is 2.23. The molecule has 3 aromatic rings. The summed E-state index contributed by atoms with van der Waals surface area (Å²) in [4.78, 5) is 0. The molecular formula is C25H23ClF4. The van der Waals surface area contributed by atoms with Gasteiger partial charge in [-0.15, -0.1) is 0 Å². The first-order valence-electron chi connectivity index (χ1n) is 10.1. The molecule has 0 N–H and O–H groups in total. The summed E-state index contributed by atoms with van der Waals surface area (Å²) >= 11 is 5.46. The maximum Gasteiger partial charge on any atom is 0.145 e. The van der Waals surface area contributed by atoms with Crippen molar-refractivity contribution in [3.8, 4) is 0 Å². The molecule has 158 valence electrons. The van der Waals surface area contributed by atoms with Gasteiger partial charge in [-0.25, -0.2) is 17.6 Å². The van der Waals surface area contributed by atoms with Gasteiger partial charge in [0, 0.05) is 5.56 Å². The molecule has 0 fully saturated rings. The summed E-state index contributed by atoms with van der Waals surface area (Å²) in [5.74, 6) is -3.05. The minimum atomic E-state index is -0.884. The summed E-state index contributed by atoms with van der Waals surface area (Å²) in [5, 5.41) is -0.583. The summed E-state index contributed by atoms with van der Waals surface area (Å²) in [6.45, 7) is 2.13. The number of hydrogen-bond donors (Lipinski definition) is 0. The average molecular weight is 435 g/mol. The molecule has 3 rings (SSSR count). The molecule has 0 atom stereocenters. The van der Waals surface area contributed by atoms with Crippen molar-refractivity contribution in [2.24, 2.45) is 0 Å². The molecule has 0 aliphatic rings. The van der Waals surface area contributed by atoms with E-state index in [2.05, 4.69) is 31.2 Å². The van der Waals surface area contributed by atoms with Crippen molar-refractivity contribution < 1.29 is 17.6 Å². The van der Waals surface area contributed by atoms with E-state index in [9.17, 15) is 17.6 Å². The summed E-state index contributed by atoms with van der Waals surface area (Å²) in [7, 11) is 0. The SMILES string of the molecule is CCCc1ccc(CCc2cc(F)c(CCc3cc(F)c(Cl)c(F)c3)c(F)c2)cc1. The van der Waals surface area contributed by atoms with Crippen LogP contribution in [0.1, 0.15) is 41.2 Å². The molecule has 0 bridgehead atoms. The number of benzene rings is 3. The second kappa shape index (κ2) is 10.1. The highest BCUT2D eigenvalue weighted by atomic mass is 35.5. The van der Waals surface area contributed by atoms with Crippen LogP contribution in [0.5, 0.6) is 0 Å². The van der Waals surface area contributed by atoms with Crippen molar-refractivity contribution in [1.29, 1.82) is 0 Å². The summed E-state index contributed by atoms with van der Waals surface area (Å²) < 4.78 is 56.1. The van der Waals surface area contributed by atoms with Gasteiger partial charge in [0.2, 0.25) is 0 Å². The Labute approximate surface area is 179 Å². The largest absolute Gasteiger partial charge is 0.207 e. The smallest absolute Gasteiger partial charge is 0.145 e. The van der Waals surface area contributed by atoms with Gasteiger partial charge < -0.3 is 0 Å². The standard InChI is InChI=1S/C25H23ClF4/c1-2-3-16-4-6-17(7-5-16)8-9-18-12-21(27)20(22(28)13-18)11-10-19-14-23(29)25(26)24(30)15-19/h4-7,12-15H,2-3,8-11H2,1H3. The lowest BCUT2D eigenvalue weighted by molar-refractivity contribution is 0.549. The van der Waals surface area contributed by atoms with Crippen LogP contribution in [-0.4, -0.2) is 0 Å². The van der Waals surface area contributed by atoms with Gasteiger partial charge in [0.05, 0.1) is 0 Å². The lowest BCUT2D eigenvalue weighted by atomic mass is 9.98. The third-order valence-corrected chi connectivity index (χ3v) is 5.53. The maximum atomic E-state index is 14.5. The molecule has 0 aliphatic carbocycles. The van der Waals surface area contributed by atoms with Gasteiger partial charge in [-0.2, -0.15) is 0 Å². The topological polar surface area (TPSA) is 0 Å². The molecule has 0 saturated heterocycles. The van der Waals surface area contributed by atoms with E-state index in [1.165, 1.54) is 17.7 Å². The monoisotopic (exact) mass is 434 g/mol. The zero-order valence-corrected chi connectivity index (χ0v) is 17.5. The van der Waals surface area contributed by atoms with Crippen LogP contribution in [0.25, 0.3) is 0 Å². The van der Waals surface area contributed by atoms with E-state index >= 15 is 0 Å². The Morgan fingerprint density at radius 3 is 1.47 bits per heavy atom. The number of hydrogen-bond acceptors (Lipinski definition) is 0. The van der Waals surface area contributed by atoms with Gasteiger partial charge in [0.25, 0.3) is 0 Å². The fraction of sp³-hybridized carbons (Fsp3) is 0.280. The van der Waals surface area contributed by atoms with E-state index in [-0.39, 0.29) is 18.4 Å². The number of rotatable bonds is 8. The Kier molecular flexibility index (Phi) is 7.54. The fourth-order valence-corrected chi connectivity index (χ4v) is 3.62. The van der Waals surface area contributed by atoms with E-state index in [1.807, 2.05) is 0 Å². The fourth-order valence-electron chi connectivity index (χ4n) is 3.51. The van der Waals surface area contributed by atoms with E-state index in [0.29, 0.717) is 24.0 Å². The van der Waals surface area contributed by atoms with Crippen molar-refractivity contribution in [3.63, 3.8) is 0 Å². The molecule has 30 heavy (non-hydrogen) atoms. The van der Waals surface area contributed by atoms with E-state index in [4.69, 9.17) is 11.6 Å². The number of halogens is 5. The van der Waals surface area contributed by atoms with Crippen molar-refractivity contribution >= 4 is 11.6 Å². The van der Waals surface area contributed by atoms with Gasteiger partial charge in [0.15, 0.2) is 0 Å². The molecule has 0 unspecified atom stereocenters. The Bertz CT molecular complexity index is 966. The molecule has 0 aromatic heterocycles. The van der Waals surface area contributed by atoms with Crippen LogP contribution in [0.15, 0.2) is 48.5 Å². The lowest BCUT2D eigenvalue weighted by Gasteiger charge is -2.10. The second-order valence-corrected chi connectivity index (χ2v) is 7.86. The van der Waals surface area contributed by atoms with E-state index in [1.54, 1.807) is 0 Å². The van der Waals surface area contributed by atoms with Crippen LogP contribution < -0.4 is 0 Å². The minimum absolute atomic E-state index is 0.00263.